The predicted molar refractivity (Wildman–Crippen MR) is 107 cm³/mol. The molecule has 0 radical (unpaired) electrons. The highest BCUT2D eigenvalue weighted by Crippen LogP contribution is 2.36. The van der Waals surface area contributed by atoms with Crippen LogP contribution in [0.1, 0.15) is 52.6 Å². The molecule has 3 rings (SSSR count). The summed E-state index contributed by atoms with van der Waals surface area (Å²) >= 11 is 0. The summed E-state index contributed by atoms with van der Waals surface area (Å²) in [7, 11) is 0. The highest BCUT2D eigenvalue weighted by Gasteiger charge is 2.37. The van der Waals surface area contributed by atoms with Crippen LogP contribution in [0, 0.1) is 13.8 Å². The van der Waals surface area contributed by atoms with Crippen molar-refractivity contribution in [3.63, 3.8) is 0 Å². The molecule has 0 amide bonds. The van der Waals surface area contributed by atoms with Crippen molar-refractivity contribution in [1.82, 2.24) is 0 Å². The second kappa shape index (κ2) is 8.96. The first-order chi connectivity index (χ1) is 14.8. The van der Waals surface area contributed by atoms with Crippen LogP contribution in [-0.4, -0.2) is 22.8 Å². The molecule has 1 aliphatic heterocycles. The Morgan fingerprint density at radius 3 is 1.97 bits per heavy atom. The maximum absolute atomic E-state index is 13.1. The number of halogens is 6. The van der Waals surface area contributed by atoms with Crippen molar-refractivity contribution in [1.29, 1.82) is 0 Å². The minimum absolute atomic E-state index is 0.00466. The number of hydrogen-bond donors (Lipinski definition) is 0. The number of aryl methyl sites for hydroxylation is 2. The van der Waals surface area contributed by atoms with E-state index in [1.54, 1.807) is 0 Å². The van der Waals surface area contributed by atoms with Gasteiger partial charge in [-0.1, -0.05) is 34.0 Å². The maximum atomic E-state index is 13.1. The third-order valence-electron chi connectivity index (χ3n) is 5.19. The summed E-state index contributed by atoms with van der Waals surface area (Å²) in [6.45, 7) is 4.29. The Morgan fingerprint density at radius 1 is 0.875 bits per heavy atom. The molecular weight excluding hydrogens is 434 g/mol. The van der Waals surface area contributed by atoms with Crippen molar-refractivity contribution in [2.45, 2.75) is 51.9 Å². The molecule has 0 spiro atoms. The molecule has 0 saturated heterocycles. The van der Waals surface area contributed by atoms with Gasteiger partial charge in [-0.25, -0.2) is 0 Å². The van der Waals surface area contributed by atoms with E-state index in [4.69, 9.17) is 0 Å². The summed E-state index contributed by atoms with van der Waals surface area (Å²) in [5, 5.41) is 16.5. The van der Waals surface area contributed by atoms with Gasteiger partial charge in [0, 0.05) is 12.8 Å². The van der Waals surface area contributed by atoms with Crippen molar-refractivity contribution < 1.29 is 36.1 Å². The Balaban J connectivity index is 2.03. The summed E-state index contributed by atoms with van der Waals surface area (Å²) < 4.78 is 80.1. The number of rotatable bonds is 4. The molecule has 0 aromatic heterocycles. The van der Waals surface area contributed by atoms with Crippen LogP contribution < -0.4 is 5.11 Å². The van der Waals surface area contributed by atoms with Gasteiger partial charge in [-0.05, 0) is 54.7 Å². The fourth-order valence-corrected chi connectivity index (χ4v) is 3.83. The minimum atomic E-state index is -5.03. The molecular formula is C23H22F6N2O. The monoisotopic (exact) mass is 456 g/mol. The largest absolute Gasteiger partial charge is 0.854 e. The number of nitrogens with zero attached hydrogens (tertiary/aromatic N) is 2. The molecule has 2 aromatic carbocycles. The smallest absolute Gasteiger partial charge is 0.416 e. The van der Waals surface area contributed by atoms with E-state index in [0.717, 1.165) is 28.8 Å². The molecule has 0 unspecified atom stereocenters. The van der Waals surface area contributed by atoms with E-state index in [1.165, 1.54) is 4.68 Å². The molecule has 3 nitrogen and oxygen atoms in total. The van der Waals surface area contributed by atoms with E-state index >= 15 is 0 Å². The van der Waals surface area contributed by atoms with Gasteiger partial charge < -0.3 is 5.11 Å². The van der Waals surface area contributed by atoms with Crippen LogP contribution in [-0.2, 0) is 18.8 Å². The lowest BCUT2D eigenvalue weighted by atomic mass is 9.98. The van der Waals surface area contributed by atoms with E-state index in [0.29, 0.717) is 37.9 Å². The quantitative estimate of drug-likeness (QED) is 0.268. The van der Waals surface area contributed by atoms with Gasteiger partial charge in [-0.2, -0.15) is 26.3 Å². The Labute approximate surface area is 181 Å². The lowest BCUT2D eigenvalue weighted by Crippen LogP contribution is -2.29. The van der Waals surface area contributed by atoms with Gasteiger partial charge in [0.15, 0.2) is 12.3 Å². The van der Waals surface area contributed by atoms with Gasteiger partial charge in [-0.3, -0.25) is 0 Å². The molecule has 0 aliphatic carbocycles. The first-order valence-electron chi connectivity index (χ1n) is 10.1. The molecule has 172 valence electrons. The molecule has 1 aliphatic rings. The molecule has 0 bridgehead atoms. The first-order valence-corrected chi connectivity index (χ1v) is 10.1. The van der Waals surface area contributed by atoms with Crippen molar-refractivity contribution in [3.05, 3.63) is 69.8 Å². The van der Waals surface area contributed by atoms with Crippen LogP contribution in [0.3, 0.4) is 0 Å². The van der Waals surface area contributed by atoms with E-state index < -0.39 is 34.9 Å². The van der Waals surface area contributed by atoms with Gasteiger partial charge in [0.25, 0.3) is 0 Å². The zero-order valence-corrected chi connectivity index (χ0v) is 17.6. The average Bonchev–Trinajstić information content (AvgIpc) is 2.67. The normalized spacial score (nSPS) is 15.9. The number of hydrazone groups is 1. The van der Waals surface area contributed by atoms with Crippen LogP contribution in [0.15, 0.2) is 41.5 Å². The minimum Gasteiger partial charge on any atom is -0.854 e. The molecule has 0 N–H and O–H groups in total. The molecule has 2 aromatic rings. The first kappa shape index (κ1) is 23.8. The van der Waals surface area contributed by atoms with Crippen LogP contribution in [0.4, 0.5) is 26.3 Å². The SMILES string of the molecule is Cc1cc(C)cc(CC2=[N+](/N=C(\[O-])c3cc(C(F)(F)F)cc(C(F)(F)F)c3)CCCC2)c1. The molecule has 32 heavy (non-hydrogen) atoms. The van der Waals surface area contributed by atoms with Crippen LogP contribution >= 0.6 is 0 Å². The predicted octanol–water partition coefficient (Wildman–Crippen LogP) is 5.24. The zero-order chi connectivity index (χ0) is 23.7. The standard InChI is InChI=1S/C23H22F6N2O/c1-14-7-15(2)9-16(8-14)10-20-5-3-4-6-31(20)30-21(32)17-11-18(22(24,25)26)13-19(12-17)23(27,28)29/h7-9,11-13H,3-6,10H2,1-2H3. The van der Waals surface area contributed by atoms with E-state index in [-0.39, 0.29) is 6.07 Å². The summed E-state index contributed by atoms with van der Waals surface area (Å²) in [6, 6.07) is 6.83. The van der Waals surface area contributed by atoms with Crippen LogP contribution in [0.5, 0.6) is 0 Å². The highest BCUT2D eigenvalue weighted by molar-refractivity contribution is 5.91. The number of alkyl halides is 6. The molecule has 9 heteroatoms. The summed E-state index contributed by atoms with van der Waals surface area (Å²) in [5.74, 6) is -1.14. The van der Waals surface area contributed by atoms with Crippen molar-refractivity contribution in [2.24, 2.45) is 5.10 Å². The third kappa shape index (κ3) is 5.89. The topological polar surface area (TPSA) is 38.4 Å². The highest BCUT2D eigenvalue weighted by atomic mass is 19.4. The van der Waals surface area contributed by atoms with Gasteiger partial charge in [0.1, 0.15) is 0 Å². The van der Waals surface area contributed by atoms with Crippen molar-refractivity contribution >= 4 is 11.6 Å². The molecule has 0 atom stereocenters. The van der Waals surface area contributed by atoms with Crippen molar-refractivity contribution in [2.75, 3.05) is 6.54 Å². The van der Waals surface area contributed by atoms with Crippen LogP contribution in [0.2, 0.25) is 0 Å². The summed E-state index contributed by atoms with van der Waals surface area (Å²) in [4.78, 5) is 0. The molecule has 0 saturated carbocycles. The zero-order valence-electron chi connectivity index (χ0n) is 17.6. The molecule has 0 fully saturated rings. The van der Waals surface area contributed by atoms with Crippen LogP contribution in [0.25, 0.3) is 0 Å². The maximum Gasteiger partial charge on any atom is 0.416 e. The average molecular weight is 456 g/mol. The Hall–Kier alpha value is -2.84. The van der Waals surface area contributed by atoms with Gasteiger partial charge >= 0.3 is 12.4 Å². The lowest BCUT2D eigenvalue weighted by molar-refractivity contribution is -0.543. The van der Waals surface area contributed by atoms with E-state index in [2.05, 4.69) is 5.10 Å². The second-order valence-electron chi connectivity index (χ2n) is 8.02. The Bertz CT molecular complexity index is 1010. The fourth-order valence-electron chi connectivity index (χ4n) is 3.83. The lowest BCUT2D eigenvalue weighted by Gasteiger charge is -2.17. The number of hydrogen-bond acceptors (Lipinski definition) is 2. The van der Waals surface area contributed by atoms with Gasteiger partial charge in [-0.15, -0.1) is 0 Å². The second-order valence-corrected chi connectivity index (χ2v) is 8.02. The third-order valence-corrected chi connectivity index (χ3v) is 5.19. The van der Waals surface area contributed by atoms with Gasteiger partial charge in [0.05, 0.1) is 23.4 Å². The Morgan fingerprint density at radius 2 is 1.44 bits per heavy atom. The van der Waals surface area contributed by atoms with E-state index in [9.17, 15) is 31.4 Å². The van der Waals surface area contributed by atoms with Crippen molar-refractivity contribution in [3.8, 4) is 0 Å². The fraction of sp³-hybridized carbons (Fsp3) is 0.391. The molecule has 1 heterocycles. The summed E-state index contributed by atoms with van der Waals surface area (Å²) in [6.07, 6.45) is -7.34. The van der Waals surface area contributed by atoms with Gasteiger partial charge in [0.2, 0.25) is 0 Å². The number of benzene rings is 2. The summed E-state index contributed by atoms with van der Waals surface area (Å²) in [5.41, 5.74) is 0.124. The van der Waals surface area contributed by atoms with E-state index in [1.807, 2.05) is 32.0 Å². The Kier molecular flexibility index (Phi) is 6.67.